The molecule has 0 amide bonds. The Labute approximate surface area is 123 Å². The summed E-state index contributed by atoms with van der Waals surface area (Å²) in [7, 11) is -0.469. The highest BCUT2D eigenvalue weighted by atomic mass is 35.5. The highest BCUT2D eigenvalue weighted by Gasteiger charge is 2.21. The number of halogens is 1. The maximum Gasteiger partial charge on any atom is 0.448 e. The Morgan fingerprint density at radius 2 is 1.70 bits per heavy atom. The fourth-order valence-electron chi connectivity index (χ4n) is 1.34. The largest absolute Gasteiger partial charge is 0.448 e. The predicted octanol–water partition coefficient (Wildman–Crippen LogP) is 2.21. The molecule has 0 aliphatic rings. The first-order chi connectivity index (χ1) is 9.41. The van der Waals surface area contributed by atoms with E-state index in [9.17, 15) is 8.42 Å². The number of hydrogen-bond acceptors (Lipinski definition) is 6. The van der Waals surface area contributed by atoms with Gasteiger partial charge in [-0.1, -0.05) is 23.7 Å². The third kappa shape index (κ3) is 5.10. The van der Waals surface area contributed by atoms with E-state index >= 15 is 0 Å². The van der Waals surface area contributed by atoms with Gasteiger partial charge in [0.1, 0.15) is 0 Å². The van der Waals surface area contributed by atoms with Crippen LogP contribution in [0.3, 0.4) is 0 Å². The number of rotatable bonds is 7. The molecule has 1 aromatic carbocycles. The molecule has 0 heterocycles. The molecule has 6 nitrogen and oxygen atoms in total. The molecule has 0 bridgehead atoms. The second-order valence-electron chi connectivity index (χ2n) is 3.56. The Morgan fingerprint density at radius 3 is 2.15 bits per heavy atom. The summed E-state index contributed by atoms with van der Waals surface area (Å²) < 4.78 is 41.8. The predicted molar refractivity (Wildman–Crippen MR) is 74.2 cm³/mol. The summed E-state index contributed by atoms with van der Waals surface area (Å²) in [6, 6.07) is 6.69. The number of benzene rings is 1. The molecule has 1 rings (SSSR count). The van der Waals surface area contributed by atoms with E-state index in [0.717, 1.165) is 7.11 Å². The SMILES string of the molecule is COC(OC)/C(=C\c1ccc(Cl)cc1)OS(=O)(=O)OC. The first-order valence-corrected chi connectivity index (χ1v) is 7.15. The second-order valence-corrected chi connectivity index (χ2v) is 5.31. The van der Waals surface area contributed by atoms with Crippen LogP contribution in [0.1, 0.15) is 5.56 Å². The van der Waals surface area contributed by atoms with Crippen molar-refractivity contribution >= 4 is 28.1 Å². The normalized spacial score (nSPS) is 12.8. The fraction of sp³-hybridized carbons (Fsp3) is 0.333. The minimum atomic E-state index is -4.17. The Hall–Kier alpha value is -1.12. The van der Waals surface area contributed by atoms with Gasteiger partial charge >= 0.3 is 10.4 Å². The summed E-state index contributed by atoms with van der Waals surface area (Å²) in [5.41, 5.74) is 0.662. The van der Waals surface area contributed by atoms with Gasteiger partial charge in [0.15, 0.2) is 5.76 Å². The zero-order chi connectivity index (χ0) is 15.2. The quantitative estimate of drug-likeness (QED) is 0.566. The summed E-state index contributed by atoms with van der Waals surface area (Å²) in [4.78, 5) is 0. The molecule has 0 radical (unpaired) electrons. The maximum absolute atomic E-state index is 11.4. The second kappa shape index (κ2) is 7.61. The van der Waals surface area contributed by atoms with Crippen LogP contribution in [-0.2, 0) is 28.2 Å². The molecule has 1 aromatic rings. The molecule has 0 spiro atoms. The third-order valence-corrected chi connectivity index (χ3v) is 3.30. The van der Waals surface area contributed by atoms with E-state index in [0.29, 0.717) is 10.6 Å². The van der Waals surface area contributed by atoms with Crippen LogP contribution >= 0.6 is 11.6 Å². The van der Waals surface area contributed by atoms with Crippen molar-refractivity contribution in [1.82, 2.24) is 0 Å². The molecule has 0 unspecified atom stereocenters. The van der Waals surface area contributed by atoms with Crippen LogP contribution in [-0.4, -0.2) is 36.0 Å². The topological polar surface area (TPSA) is 71.1 Å². The molecule has 0 saturated heterocycles. The standard InChI is InChI=1S/C12H15ClO6S/c1-16-12(17-2)11(19-20(14,15)18-3)8-9-4-6-10(13)7-5-9/h4-8,12H,1-3H3/b11-8+. The van der Waals surface area contributed by atoms with Crippen LogP contribution in [0.4, 0.5) is 0 Å². The zero-order valence-electron chi connectivity index (χ0n) is 11.2. The first-order valence-electron chi connectivity index (χ1n) is 5.44. The molecule has 0 N–H and O–H groups in total. The van der Waals surface area contributed by atoms with Gasteiger partial charge in [0.05, 0.1) is 7.11 Å². The van der Waals surface area contributed by atoms with Crippen LogP contribution in [0.15, 0.2) is 30.0 Å². The minimum Gasteiger partial charge on any atom is -0.361 e. The molecular weight excluding hydrogens is 308 g/mol. The van der Waals surface area contributed by atoms with Gasteiger partial charge in [-0.15, -0.1) is 0 Å². The Morgan fingerprint density at radius 1 is 1.15 bits per heavy atom. The molecule has 0 aliphatic heterocycles. The highest BCUT2D eigenvalue weighted by Crippen LogP contribution is 2.19. The zero-order valence-corrected chi connectivity index (χ0v) is 12.8. The van der Waals surface area contributed by atoms with Crippen molar-refractivity contribution in [1.29, 1.82) is 0 Å². The molecule has 0 saturated carbocycles. The van der Waals surface area contributed by atoms with Crippen molar-refractivity contribution in [2.75, 3.05) is 21.3 Å². The smallest absolute Gasteiger partial charge is 0.361 e. The summed E-state index contributed by atoms with van der Waals surface area (Å²) >= 11 is 5.78. The van der Waals surface area contributed by atoms with Gasteiger partial charge in [-0.25, -0.2) is 4.18 Å². The van der Waals surface area contributed by atoms with Crippen molar-refractivity contribution in [3.8, 4) is 0 Å². The molecule has 0 atom stereocenters. The van der Waals surface area contributed by atoms with E-state index in [1.807, 2.05) is 0 Å². The number of methoxy groups -OCH3 is 2. The van der Waals surface area contributed by atoms with E-state index in [-0.39, 0.29) is 5.76 Å². The lowest BCUT2D eigenvalue weighted by Gasteiger charge is -2.17. The van der Waals surface area contributed by atoms with Gasteiger partial charge in [0, 0.05) is 19.2 Å². The van der Waals surface area contributed by atoms with Crippen LogP contribution < -0.4 is 0 Å². The molecule has 0 aromatic heterocycles. The van der Waals surface area contributed by atoms with E-state index < -0.39 is 16.7 Å². The minimum absolute atomic E-state index is 0.0702. The highest BCUT2D eigenvalue weighted by molar-refractivity contribution is 7.82. The first kappa shape index (κ1) is 16.9. The average Bonchev–Trinajstić information content (AvgIpc) is 2.42. The van der Waals surface area contributed by atoms with Crippen molar-refractivity contribution in [2.24, 2.45) is 0 Å². The van der Waals surface area contributed by atoms with Crippen molar-refractivity contribution in [2.45, 2.75) is 6.29 Å². The molecular formula is C12H15ClO6S. The molecule has 0 aliphatic carbocycles. The lowest BCUT2D eigenvalue weighted by atomic mass is 10.2. The average molecular weight is 323 g/mol. The summed E-state index contributed by atoms with van der Waals surface area (Å²) in [6.45, 7) is 0. The lowest BCUT2D eigenvalue weighted by Crippen LogP contribution is -2.21. The van der Waals surface area contributed by atoms with Crippen LogP contribution in [0.25, 0.3) is 6.08 Å². The fourth-order valence-corrected chi connectivity index (χ4v) is 1.89. The summed E-state index contributed by atoms with van der Waals surface area (Å²) in [5.74, 6) is -0.0702. The van der Waals surface area contributed by atoms with Gasteiger partial charge in [-0.2, -0.15) is 8.42 Å². The van der Waals surface area contributed by atoms with Crippen molar-refractivity contribution < 1.29 is 26.3 Å². The monoisotopic (exact) mass is 322 g/mol. The Balaban J connectivity index is 3.12. The van der Waals surface area contributed by atoms with Crippen molar-refractivity contribution in [3.05, 3.63) is 40.6 Å². The summed E-state index contributed by atoms with van der Waals surface area (Å²) in [5, 5.41) is 0.559. The maximum atomic E-state index is 11.4. The number of hydrogen-bond donors (Lipinski definition) is 0. The lowest BCUT2D eigenvalue weighted by molar-refractivity contribution is -0.0924. The van der Waals surface area contributed by atoms with Crippen LogP contribution in [0, 0.1) is 0 Å². The Kier molecular flexibility index (Phi) is 6.44. The van der Waals surface area contributed by atoms with Crippen molar-refractivity contribution in [3.63, 3.8) is 0 Å². The third-order valence-electron chi connectivity index (χ3n) is 2.24. The van der Waals surface area contributed by atoms with Gasteiger partial charge in [0.2, 0.25) is 6.29 Å². The Bertz CT molecular complexity index is 548. The van der Waals surface area contributed by atoms with E-state index in [2.05, 4.69) is 4.18 Å². The molecule has 0 fully saturated rings. The van der Waals surface area contributed by atoms with Crippen LogP contribution in [0.5, 0.6) is 0 Å². The summed E-state index contributed by atoms with van der Waals surface area (Å²) in [6.07, 6.45) is 0.459. The molecule has 20 heavy (non-hydrogen) atoms. The molecule has 8 heteroatoms. The van der Waals surface area contributed by atoms with E-state index in [4.69, 9.17) is 25.3 Å². The van der Waals surface area contributed by atoms with Gasteiger partial charge in [-0.05, 0) is 23.8 Å². The van der Waals surface area contributed by atoms with E-state index in [1.165, 1.54) is 20.3 Å². The van der Waals surface area contributed by atoms with Gasteiger partial charge in [0.25, 0.3) is 0 Å². The van der Waals surface area contributed by atoms with E-state index in [1.54, 1.807) is 24.3 Å². The van der Waals surface area contributed by atoms with Gasteiger partial charge < -0.3 is 13.7 Å². The number of ether oxygens (including phenoxy) is 2. The molecule has 112 valence electrons. The van der Waals surface area contributed by atoms with Gasteiger partial charge in [-0.3, -0.25) is 0 Å². The van der Waals surface area contributed by atoms with Crippen LogP contribution in [0.2, 0.25) is 5.02 Å².